The van der Waals surface area contributed by atoms with Gasteiger partial charge in [-0.3, -0.25) is 0 Å². The molecule has 2 heterocycles. The zero-order valence-corrected chi connectivity index (χ0v) is 11.5. The fourth-order valence-corrected chi connectivity index (χ4v) is 1.88. The van der Waals surface area contributed by atoms with Gasteiger partial charge in [-0.15, -0.1) is 0 Å². The number of nitrogens with one attached hydrogen (secondary N) is 1. The maximum absolute atomic E-state index is 5.66. The molecule has 0 aliphatic heterocycles. The first-order valence-electron chi connectivity index (χ1n) is 6.37. The van der Waals surface area contributed by atoms with Crippen LogP contribution in [0.1, 0.15) is 13.8 Å². The summed E-state index contributed by atoms with van der Waals surface area (Å²) < 4.78 is 12.8. The number of imidazole rings is 1. The lowest BCUT2D eigenvalue weighted by Crippen LogP contribution is -2.23. The lowest BCUT2D eigenvalue weighted by molar-refractivity contribution is -0.143. The van der Waals surface area contributed by atoms with E-state index in [2.05, 4.69) is 20.4 Å². The molecule has 0 saturated heterocycles. The summed E-state index contributed by atoms with van der Waals surface area (Å²) >= 11 is 0. The number of rotatable bonds is 7. The predicted molar refractivity (Wildman–Crippen MR) is 74.6 cm³/mol. The molecular formula is C11H19N7O2. The van der Waals surface area contributed by atoms with E-state index < -0.39 is 0 Å². The molecule has 0 atom stereocenters. The van der Waals surface area contributed by atoms with Gasteiger partial charge in [0.1, 0.15) is 0 Å². The molecule has 9 nitrogen and oxygen atoms in total. The van der Waals surface area contributed by atoms with Gasteiger partial charge in [-0.2, -0.15) is 9.97 Å². The Balaban J connectivity index is 2.32. The number of hydrazine groups is 1. The van der Waals surface area contributed by atoms with Crippen LogP contribution < -0.4 is 17.0 Å². The first-order chi connectivity index (χ1) is 9.69. The minimum absolute atomic E-state index is 0.122. The van der Waals surface area contributed by atoms with Gasteiger partial charge >= 0.3 is 0 Å². The Bertz CT molecular complexity index is 565. The zero-order valence-electron chi connectivity index (χ0n) is 11.5. The Kier molecular flexibility index (Phi) is 4.66. The van der Waals surface area contributed by atoms with Crippen LogP contribution in [-0.4, -0.2) is 39.0 Å². The third-order valence-corrected chi connectivity index (χ3v) is 2.67. The van der Waals surface area contributed by atoms with E-state index in [9.17, 15) is 0 Å². The summed E-state index contributed by atoms with van der Waals surface area (Å²) in [4.78, 5) is 12.4. The first kappa shape index (κ1) is 14.4. The van der Waals surface area contributed by atoms with E-state index >= 15 is 0 Å². The van der Waals surface area contributed by atoms with Gasteiger partial charge in [0.25, 0.3) is 0 Å². The van der Waals surface area contributed by atoms with Crippen molar-refractivity contribution in [1.29, 1.82) is 0 Å². The molecule has 20 heavy (non-hydrogen) atoms. The van der Waals surface area contributed by atoms with Crippen LogP contribution in [0, 0.1) is 0 Å². The highest BCUT2D eigenvalue weighted by atomic mass is 16.7. The molecule has 0 fully saturated rings. The van der Waals surface area contributed by atoms with Crippen molar-refractivity contribution in [2.75, 3.05) is 24.4 Å². The predicted octanol–water partition coefficient (Wildman–Crippen LogP) is 0.0932. The fourth-order valence-electron chi connectivity index (χ4n) is 1.88. The summed E-state index contributed by atoms with van der Waals surface area (Å²) in [6, 6.07) is 0. The molecule has 2 aromatic heterocycles. The number of ether oxygens (including phenoxy) is 2. The van der Waals surface area contributed by atoms with E-state index in [1.807, 2.05) is 13.8 Å². The van der Waals surface area contributed by atoms with Crippen LogP contribution in [-0.2, 0) is 16.0 Å². The van der Waals surface area contributed by atoms with Crippen molar-refractivity contribution in [3.8, 4) is 0 Å². The molecule has 0 radical (unpaired) electrons. The molecule has 0 spiro atoms. The highest BCUT2D eigenvalue weighted by Crippen LogP contribution is 2.19. The number of nitrogens with zero attached hydrogens (tertiary/aromatic N) is 4. The zero-order chi connectivity index (χ0) is 14.5. The number of fused-ring (bicyclic) bond motifs is 1. The largest absolute Gasteiger partial charge is 0.368 e. The lowest BCUT2D eigenvalue weighted by atomic mass is 10.5. The quantitative estimate of drug-likeness (QED) is 0.370. The summed E-state index contributed by atoms with van der Waals surface area (Å²) in [5.74, 6) is 5.90. The van der Waals surface area contributed by atoms with Gasteiger partial charge in [0, 0.05) is 13.2 Å². The second-order valence-corrected chi connectivity index (χ2v) is 3.98. The molecule has 2 rings (SSSR count). The number of nitrogen functional groups attached to an aromatic ring is 2. The summed E-state index contributed by atoms with van der Waals surface area (Å²) in [6.45, 7) is 5.40. The van der Waals surface area contributed by atoms with Crippen LogP contribution >= 0.6 is 0 Å². The summed E-state index contributed by atoms with van der Waals surface area (Å²) in [5.41, 5.74) is 9.24. The standard InChI is InChI=1S/C11H19N7O2/c1-3-19-7(20-4-2)5-18-6-14-8-9(17-13)15-11(12)16-10(8)18/h6-7H,3-5,13H2,1-2H3,(H3,12,15,16,17). The van der Waals surface area contributed by atoms with E-state index in [0.29, 0.717) is 36.7 Å². The Hall–Kier alpha value is -1.97. The van der Waals surface area contributed by atoms with Crippen LogP contribution in [0.5, 0.6) is 0 Å². The normalized spacial score (nSPS) is 11.4. The highest BCUT2D eigenvalue weighted by Gasteiger charge is 2.15. The maximum atomic E-state index is 5.66. The highest BCUT2D eigenvalue weighted by molar-refractivity contribution is 5.83. The van der Waals surface area contributed by atoms with Crippen molar-refractivity contribution in [2.24, 2.45) is 5.84 Å². The van der Waals surface area contributed by atoms with Crippen LogP contribution in [0.2, 0.25) is 0 Å². The van der Waals surface area contributed by atoms with E-state index in [0.717, 1.165) is 0 Å². The number of nitrogens with two attached hydrogens (primary N) is 2. The molecule has 0 aromatic carbocycles. The Morgan fingerprint density at radius 1 is 1.30 bits per heavy atom. The van der Waals surface area contributed by atoms with Gasteiger partial charge < -0.3 is 25.2 Å². The minimum Gasteiger partial charge on any atom is -0.368 e. The van der Waals surface area contributed by atoms with Crippen molar-refractivity contribution in [3.63, 3.8) is 0 Å². The first-order valence-corrected chi connectivity index (χ1v) is 6.37. The second kappa shape index (κ2) is 6.46. The van der Waals surface area contributed by atoms with Gasteiger partial charge in [-0.05, 0) is 13.8 Å². The van der Waals surface area contributed by atoms with E-state index in [1.165, 1.54) is 0 Å². The number of hydrogen-bond acceptors (Lipinski definition) is 8. The van der Waals surface area contributed by atoms with Crippen LogP contribution in [0.3, 0.4) is 0 Å². The van der Waals surface area contributed by atoms with Crippen LogP contribution in [0.15, 0.2) is 6.33 Å². The Morgan fingerprint density at radius 3 is 2.60 bits per heavy atom. The average Bonchev–Trinajstić information content (AvgIpc) is 2.81. The molecule has 0 unspecified atom stereocenters. The fraction of sp³-hybridized carbons (Fsp3) is 0.545. The summed E-state index contributed by atoms with van der Waals surface area (Å²) in [7, 11) is 0. The molecule has 0 bridgehead atoms. The Labute approximate surface area is 116 Å². The molecule has 2 aromatic rings. The van der Waals surface area contributed by atoms with E-state index in [1.54, 1.807) is 10.9 Å². The van der Waals surface area contributed by atoms with E-state index in [-0.39, 0.29) is 12.2 Å². The third kappa shape index (κ3) is 2.95. The minimum atomic E-state index is -0.368. The van der Waals surface area contributed by atoms with Crippen molar-refractivity contribution in [2.45, 2.75) is 26.7 Å². The SMILES string of the molecule is CCOC(Cn1cnc2c(NN)nc(N)nc21)OCC. The number of aromatic nitrogens is 4. The van der Waals surface area contributed by atoms with Gasteiger partial charge in [-0.25, -0.2) is 10.8 Å². The monoisotopic (exact) mass is 281 g/mol. The van der Waals surface area contributed by atoms with Crippen molar-refractivity contribution in [1.82, 2.24) is 19.5 Å². The van der Waals surface area contributed by atoms with Crippen LogP contribution in [0.4, 0.5) is 11.8 Å². The van der Waals surface area contributed by atoms with Gasteiger partial charge in [0.15, 0.2) is 23.3 Å². The number of hydrogen-bond donors (Lipinski definition) is 3. The van der Waals surface area contributed by atoms with Crippen LogP contribution in [0.25, 0.3) is 11.2 Å². The third-order valence-electron chi connectivity index (χ3n) is 2.67. The average molecular weight is 281 g/mol. The maximum Gasteiger partial charge on any atom is 0.224 e. The molecule has 0 saturated carbocycles. The van der Waals surface area contributed by atoms with Crippen molar-refractivity contribution >= 4 is 22.9 Å². The summed E-state index contributed by atoms with van der Waals surface area (Å²) in [5, 5.41) is 0. The molecule has 5 N–H and O–H groups in total. The second-order valence-electron chi connectivity index (χ2n) is 3.98. The van der Waals surface area contributed by atoms with Crippen molar-refractivity contribution < 1.29 is 9.47 Å². The lowest BCUT2D eigenvalue weighted by Gasteiger charge is -2.17. The topological polar surface area (TPSA) is 126 Å². The van der Waals surface area contributed by atoms with Gasteiger partial charge in [0.05, 0.1) is 12.9 Å². The molecule has 0 aliphatic carbocycles. The smallest absolute Gasteiger partial charge is 0.224 e. The number of anilines is 2. The van der Waals surface area contributed by atoms with Gasteiger partial charge in [-0.1, -0.05) is 0 Å². The molecule has 0 amide bonds. The van der Waals surface area contributed by atoms with Gasteiger partial charge in [0.2, 0.25) is 5.95 Å². The molecule has 0 aliphatic rings. The van der Waals surface area contributed by atoms with E-state index in [4.69, 9.17) is 21.1 Å². The Morgan fingerprint density at radius 2 is 2.00 bits per heavy atom. The molecular weight excluding hydrogens is 262 g/mol. The summed E-state index contributed by atoms with van der Waals surface area (Å²) in [6.07, 6.45) is 1.26. The van der Waals surface area contributed by atoms with Crippen molar-refractivity contribution in [3.05, 3.63) is 6.33 Å². The molecule has 110 valence electrons. The molecule has 9 heteroatoms.